The lowest BCUT2D eigenvalue weighted by atomic mass is 10.1. The second-order valence-electron chi connectivity index (χ2n) is 4.40. The maximum atomic E-state index is 3.42. The lowest BCUT2D eigenvalue weighted by molar-refractivity contribution is 0.421. The highest BCUT2D eigenvalue weighted by molar-refractivity contribution is 5.59. The fourth-order valence-corrected chi connectivity index (χ4v) is 2.68. The molecule has 1 aromatic carbocycles. The molecule has 2 atom stereocenters. The average Bonchev–Trinajstić information content (AvgIpc) is 2.74. The van der Waals surface area contributed by atoms with Crippen LogP contribution in [0.3, 0.4) is 0 Å². The number of hydrogen-bond acceptors (Lipinski definition) is 3. The molecule has 16 heavy (non-hydrogen) atoms. The van der Waals surface area contributed by atoms with E-state index >= 15 is 0 Å². The highest BCUT2D eigenvalue weighted by Crippen LogP contribution is 2.30. The first-order chi connectivity index (χ1) is 7.90. The molecule has 0 saturated carbocycles. The van der Waals surface area contributed by atoms with Gasteiger partial charge in [-0.3, -0.25) is 0 Å². The molecule has 3 rings (SSSR count). The number of nitrogens with one attached hydrogen (secondary N) is 2. The number of likely N-dealkylation sites (N-methyl/N-ethyl adjacent to an activating group) is 1. The summed E-state index contributed by atoms with van der Waals surface area (Å²) < 4.78 is 0. The van der Waals surface area contributed by atoms with Crippen LogP contribution in [-0.4, -0.2) is 19.3 Å². The zero-order valence-corrected chi connectivity index (χ0v) is 9.48. The van der Waals surface area contributed by atoms with Crippen LogP contribution in [0.25, 0.3) is 0 Å². The summed E-state index contributed by atoms with van der Waals surface area (Å²) in [6.07, 6.45) is 6.85. The Morgan fingerprint density at radius 2 is 2.25 bits per heavy atom. The summed E-state index contributed by atoms with van der Waals surface area (Å²) in [5.41, 5.74) is 2.78. The molecule has 0 spiro atoms. The van der Waals surface area contributed by atoms with Crippen molar-refractivity contribution in [3.8, 4) is 0 Å². The van der Waals surface area contributed by atoms with Gasteiger partial charge in [0.15, 0.2) is 0 Å². The minimum atomic E-state index is 0.355. The summed E-state index contributed by atoms with van der Waals surface area (Å²) in [4.78, 5) is 2.34. The van der Waals surface area contributed by atoms with Gasteiger partial charge in [-0.05, 0) is 31.5 Å². The number of anilines is 1. The van der Waals surface area contributed by atoms with Crippen LogP contribution in [-0.2, 0) is 6.42 Å². The Morgan fingerprint density at radius 3 is 3.12 bits per heavy atom. The van der Waals surface area contributed by atoms with E-state index in [-0.39, 0.29) is 0 Å². The summed E-state index contributed by atoms with van der Waals surface area (Å²) >= 11 is 0. The number of nitrogens with zero attached hydrogens (tertiary/aromatic N) is 1. The summed E-state index contributed by atoms with van der Waals surface area (Å²) in [5, 5.41) is 6.83. The molecule has 1 aromatic rings. The van der Waals surface area contributed by atoms with Gasteiger partial charge in [0.25, 0.3) is 0 Å². The predicted molar refractivity (Wildman–Crippen MR) is 66.2 cm³/mol. The van der Waals surface area contributed by atoms with Crippen molar-refractivity contribution in [1.82, 2.24) is 10.6 Å². The number of benzene rings is 1. The second-order valence-corrected chi connectivity index (χ2v) is 4.40. The smallest absolute Gasteiger partial charge is 0.118 e. The van der Waals surface area contributed by atoms with E-state index in [4.69, 9.17) is 0 Å². The summed E-state index contributed by atoms with van der Waals surface area (Å²) in [6, 6.07) is 9.17. The topological polar surface area (TPSA) is 27.3 Å². The molecule has 2 unspecified atom stereocenters. The molecule has 84 valence electrons. The van der Waals surface area contributed by atoms with Gasteiger partial charge in [-0.25, -0.2) is 0 Å². The predicted octanol–water partition coefficient (Wildman–Crippen LogP) is 1.43. The molecule has 2 N–H and O–H groups in total. The van der Waals surface area contributed by atoms with E-state index < -0.39 is 0 Å². The number of aryl methyl sites for hydroxylation is 1. The van der Waals surface area contributed by atoms with Gasteiger partial charge in [-0.2, -0.15) is 0 Å². The summed E-state index contributed by atoms with van der Waals surface area (Å²) in [7, 11) is 2.04. The standard InChI is InChI=1S/C13H17N3/c1-14-11-7-6-10-4-2-3-5-12(10)16-9-8-15-13(11)16/h2-5,8-9,11,13-15H,6-7H2,1H3. The fourth-order valence-electron chi connectivity index (χ4n) is 2.68. The Morgan fingerprint density at radius 1 is 1.38 bits per heavy atom. The number of rotatable bonds is 1. The van der Waals surface area contributed by atoms with Crippen LogP contribution < -0.4 is 15.5 Å². The first-order valence-electron chi connectivity index (χ1n) is 5.86. The van der Waals surface area contributed by atoms with Gasteiger partial charge in [0.05, 0.1) is 0 Å². The number of fused-ring (bicyclic) bond motifs is 3. The van der Waals surface area contributed by atoms with Gasteiger partial charge in [-0.1, -0.05) is 18.2 Å². The zero-order valence-electron chi connectivity index (χ0n) is 9.48. The Hall–Kier alpha value is -1.48. The monoisotopic (exact) mass is 215 g/mol. The minimum absolute atomic E-state index is 0.355. The molecular weight excluding hydrogens is 198 g/mol. The van der Waals surface area contributed by atoms with Gasteiger partial charge in [-0.15, -0.1) is 0 Å². The van der Waals surface area contributed by atoms with E-state index in [1.54, 1.807) is 0 Å². The molecule has 0 amide bonds. The molecular formula is C13H17N3. The Balaban J connectivity index is 2.03. The maximum Gasteiger partial charge on any atom is 0.118 e. The largest absolute Gasteiger partial charge is 0.368 e. The van der Waals surface area contributed by atoms with Crippen molar-refractivity contribution in [3.05, 3.63) is 42.2 Å². The molecule has 0 saturated heterocycles. The highest BCUT2D eigenvalue weighted by Gasteiger charge is 2.31. The van der Waals surface area contributed by atoms with Crippen LogP contribution in [0.15, 0.2) is 36.7 Å². The van der Waals surface area contributed by atoms with E-state index in [0.717, 1.165) is 6.42 Å². The third-order valence-corrected chi connectivity index (χ3v) is 3.55. The van der Waals surface area contributed by atoms with Gasteiger partial charge < -0.3 is 15.5 Å². The number of hydrogen-bond donors (Lipinski definition) is 2. The summed E-state index contributed by atoms with van der Waals surface area (Å²) in [5.74, 6) is 0. The van der Waals surface area contributed by atoms with E-state index in [0.29, 0.717) is 12.2 Å². The van der Waals surface area contributed by atoms with Crippen molar-refractivity contribution < 1.29 is 0 Å². The molecule has 2 aliphatic rings. The van der Waals surface area contributed by atoms with Crippen molar-refractivity contribution in [1.29, 1.82) is 0 Å². The van der Waals surface area contributed by atoms with E-state index in [1.165, 1.54) is 17.7 Å². The van der Waals surface area contributed by atoms with Crippen LogP contribution in [0, 0.1) is 0 Å². The molecule has 3 heteroatoms. The van der Waals surface area contributed by atoms with E-state index in [2.05, 4.69) is 46.0 Å². The molecule has 0 bridgehead atoms. The van der Waals surface area contributed by atoms with Crippen LogP contribution >= 0.6 is 0 Å². The first kappa shape index (κ1) is 9.73. The van der Waals surface area contributed by atoms with Crippen molar-refractivity contribution in [2.45, 2.75) is 25.0 Å². The lowest BCUT2D eigenvalue weighted by Crippen LogP contribution is -2.50. The zero-order chi connectivity index (χ0) is 11.0. The molecule has 2 aliphatic heterocycles. The fraction of sp³-hybridized carbons (Fsp3) is 0.385. The molecule has 0 radical (unpaired) electrons. The van der Waals surface area contributed by atoms with Crippen LogP contribution in [0.4, 0.5) is 5.69 Å². The quantitative estimate of drug-likeness (QED) is 0.742. The van der Waals surface area contributed by atoms with Gasteiger partial charge in [0, 0.05) is 24.1 Å². The van der Waals surface area contributed by atoms with Crippen molar-refractivity contribution in [3.63, 3.8) is 0 Å². The Bertz CT molecular complexity index is 413. The van der Waals surface area contributed by atoms with Crippen molar-refractivity contribution >= 4 is 5.69 Å². The molecule has 2 heterocycles. The maximum absolute atomic E-state index is 3.42. The molecule has 0 aliphatic carbocycles. The van der Waals surface area contributed by atoms with Crippen molar-refractivity contribution in [2.75, 3.05) is 11.9 Å². The van der Waals surface area contributed by atoms with Gasteiger partial charge >= 0.3 is 0 Å². The first-order valence-corrected chi connectivity index (χ1v) is 5.86. The highest BCUT2D eigenvalue weighted by atomic mass is 15.3. The Labute approximate surface area is 96.1 Å². The van der Waals surface area contributed by atoms with Crippen LogP contribution in [0.1, 0.15) is 12.0 Å². The molecule has 0 fully saturated rings. The van der Waals surface area contributed by atoms with Crippen LogP contribution in [0.5, 0.6) is 0 Å². The minimum Gasteiger partial charge on any atom is -0.368 e. The third-order valence-electron chi connectivity index (χ3n) is 3.55. The SMILES string of the molecule is CNC1CCc2ccccc2N2C=CNC12. The summed E-state index contributed by atoms with van der Waals surface area (Å²) in [6.45, 7) is 0. The van der Waals surface area contributed by atoms with Gasteiger partial charge in [0.2, 0.25) is 0 Å². The van der Waals surface area contributed by atoms with Crippen molar-refractivity contribution in [2.24, 2.45) is 0 Å². The molecule has 0 aromatic heterocycles. The molecule has 3 nitrogen and oxygen atoms in total. The van der Waals surface area contributed by atoms with Gasteiger partial charge in [0.1, 0.15) is 6.17 Å². The van der Waals surface area contributed by atoms with E-state index in [9.17, 15) is 0 Å². The van der Waals surface area contributed by atoms with Crippen LogP contribution in [0.2, 0.25) is 0 Å². The average molecular weight is 215 g/mol. The lowest BCUT2D eigenvalue weighted by Gasteiger charge is -2.30. The van der Waals surface area contributed by atoms with E-state index in [1.807, 2.05) is 13.2 Å². The normalized spacial score (nSPS) is 26.9. The second kappa shape index (κ2) is 3.83. The Kier molecular flexibility index (Phi) is 2.33. The number of para-hydroxylation sites is 1. The third kappa shape index (κ3) is 1.39.